The third kappa shape index (κ3) is 9.14. The molecule has 160 valence electrons. The fraction of sp³-hybridized carbons (Fsp3) is 0.476. The molecule has 0 bridgehead atoms. The van der Waals surface area contributed by atoms with Crippen molar-refractivity contribution in [2.75, 3.05) is 13.7 Å². The first-order chi connectivity index (χ1) is 13.6. The average molecular weight is 406 g/mol. The molecule has 2 N–H and O–H groups in total. The molecule has 3 amide bonds. The largest absolute Gasteiger partial charge is 0.493 e. The second kappa shape index (κ2) is 11.1. The van der Waals surface area contributed by atoms with E-state index in [1.54, 1.807) is 39.0 Å². The Morgan fingerprint density at radius 2 is 1.86 bits per heavy atom. The lowest BCUT2D eigenvalue weighted by atomic mass is 10.1. The Bertz CT molecular complexity index is 752. The molecule has 8 nitrogen and oxygen atoms in total. The summed E-state index contributed by atoms with van der Waals surface area (Å²) in [6.45, 7) is 9.31. The first kappa shape index (κ1) is 24.0. The van der Waals surface area contributed by atoms with Crippen molar-refractivity contribution in [2.45, 2.75) is 52.7 Å². The van der Waals surface area contributed by atoms with Crippen LogP contribution in [0.25, 0.3) is 6.08 Å². The first-order valence-electron chi connectivity index (χ1n) is 9.38. The molecule has 0 heterocycles. The third-order valence-electron chi connectivity index (χ3n) is 3.45. The number of benzene rings is 1. The van der Waals surface area contributed by atoms with Crippen LogP contribution < -0.4 is 20.1 Å². The molecule has 0 saturated heterocycles. The zero-order valence-electron chi connectivity index (χ0n) is 17.8. The van der Waals surface area contributed by atoms with E-state index >= 15 is 0 Å². The molecule has 1 rings (SSSR count). The van der Waals surface area contributed by atoms with Crippen molar-refractivity contribution in [2.24, 2.45) is 0 Å². The number of esters is 1. The lowest BCUT2D eigenvalue weighted by Crippen LogP contribution is -2.50. The maximum Gasteiger partial charge on any atom is 0.331 e. The molecule has 0 saturated carbocycles. The summed E-state index contributed by atoms with van der Waals surface area (Å²) < 4.78 is 15.9. The van der Waals surface area contributed by atoms with Crippen LogP contribution in [0.2, 0.25) is 0 Å². The molecule has 29 heavy (non-hydrogen) atoms. The number of hydrogen-bond acceptors (Lipinski definition) is 6. The quantitative estimate of drug-likeness (QED) is 0.508. The van der Waals surface area contributed by atoms with Crippen molar-refractivity contribution in [1.82, 2.24) is 10.6 Å². The van der Waals surface area contributed by atoms with E-state index in [1.807, 2.05) is 6.92 Å². The highest BCUT2D eigenvalue weighted by atomic mass is 16.5. The number of carbonyl (C=O) groups is 3. The van der Waals surface area contributed by atoms with E-state index in [1.165, 1.54) is 26.2 Å². The topological polar surface area (TPSA) is 103 Å². The standard InChI is InChI=1S/C21H30N2O6/c1-7-12-28-16-10-8-15(13-17(16)27-6)9-11-18(24)29-14(2)19(25)22-20(26)23-21(3,4)5/h8-11,13-14H,7,12H2,1-6H3,(H2,22,23,25,26)/b11-9+/t14-/m1/s1. The Hall–Kier alpha value is -3.03. The third-order valence-corrected chi connectivity index (χ3v) is 3.45. The summed E-state index contributed by atoms with van der Waals surface area (Å²) >= 11 is 0. The number of amides is 3. The van der Waals surface area contributed by atoms with Crippen LogP contribution in [-0.4, -0.2) is 43.3 Å². The van der Waals surface area contributed by atoms with E-state index in [-0.39, 0.29) is 0 Å². The fourth-order valence-electron chi connectivity index (χ4n) is 2.14. The van der Waals surface area contributed by atoms with Gasteiger partial charge in [-0.25, -0.2) is 9.59 Å². The van der Waals surface area contributed by atoms with Gasteiger partial charge in [-0.05, 0) is 57.9 Å². The minimum Gasteiger partial charge on any atom is -0.493 e. The number of urea groups is 1. The predicted molar refractivity (Wildman–Crippen MR) is 110 cm³/mol. The van der Waals surface area contributed by atoms with Crippen molar-refractivity contribution in [3.8, 4) is 11.5 Å². The first-order valence-corrected chi connectivity index (χ1v) is 9.38. The van der Waals surface area contributed by atoms with Crippen LogP contribution in [0.3, 0.4) is 0 Å². The molecular weight excluding hydrogens is 376 g/mol. The van der Waals surface area contributed by atoms with Gasteiger partial charge < -0.3 is 19.5 Å². The van der Waals surface area contributed by atoms with Gasteiger partial charge >= 0.3 is 12.0 Å². The normalized spacial score (nSPS) is 12.2. The summed E-state index contributed by atoms with van der Waals surface area (Å²) in [5.41, 5.74) is 0.204. The number of ether oxygens (including phenoxy) is 3. The van der Waals surface area contributed by atoms with Crippen LogP contribution in [0.1, 0.15) is 46.6 Å². The maximum absolute atomic E-state index is 12.0. The van der Waals surface area contributed by atoms with Crippen molar-refractivity contribution in [3.63, 3.8) is 0 Å². The average Bonchev–Trinajstić information content (AvgIpc) is 2.63. The highest BCUT2D eigenvalue weighted by Crippen LogP contribution is 2.28. The number of rotatable bonds is 8. The van der Waals surface area contributed by atoms with Crippen LogP contribution >= 0.6 is 0 Å². The Labute approximate surface area is 171 Å². The Morgan fingerprint density at radius 1 is 1.17 bits per heavy atom. The van der Waals surface area contributed by atoms with E-state index in [9.17, 15) is 14.4 Å². The summed E-state index contributed by atoms with van der Waals surface area (Å²) in [7, 11) is 1.53. The minimum absolute atomic E-state index is 0.495. The highest BCUT2D eigenvalue weighted by molar-refractivity contribution is 5.98. The van der Waals surface area contributed by atoms with Crippen molar-refractivity contribution >= 4 is 24.0 Å². The molecule has 1 aromatic carbocycles. The van der Waals surface area contributed by atoms with E-state index < -0.39 is 29.6 Å². The molecule has 0 aliphatic carbocycles. The molecule has 0 fully saturated rings. The monoisotopic (exact) mass is 406 g/mol. The van der Waals surface area contributed by atoms with E-state index in [4.69, 9.17) is 14.2 Å². The van der Waals surface area contributed by atoms with E-state index in [0.29, 0.717) is 23.7 Å². The van der Waals surface area contributed by atoms with Gasteiger partial charge in [0.25, 0.3) is 5.91 Å². The molecule has 0 unspecified atom stereocenters. The molecule has 1 atom stereocenters. The van der Waals surface area contributed by atoms with Gasteiger partial charge in [0.05, 0.1) is 13.7 Å². The van der Waals surface area contributed by atoms with Crippen molar-refractivity contribution < 1.29 is 28.6 Å². The summed E-state index contributed by atoms with van der Waals surface area (Å²) in [6.07, 6.45) is 2.48. The van der Waals surface area contributed by atoms with Gasteiger partial charge in [0.15, 0.2) is 17.6 Å². The lowest BCUT2D eigenvalue weighted by Gasteiger charge is -2.21. The van der Waals surface area contributed by atoms with Gasteiger partial charge in [-0.15, -0.1) is 0 Å². The van der Waals surface area contributed by atoms with Crippen LogP contribution in [0.5, 0.6) is 11.5 Å². The Balaban J connectivity index is 2.63. The van der Waals surface area contributed by atoms with Gasteiger partial charge in [0.1, 0.15) is 0 Å². The van der Waals surface area contributed by atoms with Crippen LogP contribution in [-0.2, 0) is 14.3 Å². The van der Waals surface area contributed by atoms with Crippen LogP contribution in [0.15, 0.2) is 24.3 Å². The molecule has 0 aliphatic rings. The predicted octanol–water partition coefficient (Wildman–Crippen LogP) is 3.05. The van der Waals surface area contributed by atoms with Crippen LogP contribution in [0.4, 0.5) is 4.79 Å². The molecular formula is C21H30N2O6. The molecule has 1 aromatic rings. The van der Waals surface area contributed by atoms with Gasteiger partial charge in [0.2, 0.25) is 0 Å². The molecule has 0 aromatic heterocycles. The summed E-state index contributed by atoms with van der Waals surface area (Å²) in [5, 5.41) is 4.72. The summed E-state index contributed by atoms with van der Waals surface area (Å²) in [4.78, 5) is 35.6. The maximum atomic E-state index is 12.0. The van der Waals surface area contributed by atoms with Gasteiger partial charge in [-0.3, -0.25) is 10.1 Å². The number of methoxy groups -OCH3 is 1. The Morgan fingerprint density at radius 3 is 2.45 bits per heavy atom. The zero-order chi connectivity index (χ0) is 22.0. The van der Waals surface area contributed by atoms with Crippen molar-refractivity contribution in [1.29, 1.82) is 0 Å². The molecule has 8 heteroatoms. The Kier molecular flexibility index (Phi) is 9.18. The number of carbonyl (C=O) groups excluding carboxylic acids is 3. The summed E-state index contributed by atoms with van der Waals surface area (Å²) in [5.74, 6) is -0.263. The van der Waals surface area contributed by atoms with E-state index in [0.717, 1.165) is 6.42 Å². The molecule has 0 aliphatic heterocycles. The van der Waals surface area contributed by atoms with Crippen LogP contribution in [0, 0.1) is 0 Å². The lowest BCUT2D eigenvalue weighted by molar-refractivity contribution is -0.149. The minimum atomic E-state index is -1.13. The van der Waals surface area contributed by atoms with Gasteiger partial charge in [-0.2, -0.15) is 0 Å². The van der Waals surface area contributed by atoms with E-state index in [2.05, 4.69) is 10.6 Å². The fourth-order valence-corrected chi connectivity index (χ4v) is 2.14. The van der Waals surface area contributed by atoms with Gasteiger partial charge in [-0.1, -0.05) is 13.0 Å². The van der Waals surface area contributed by atoms with Gasteiger partial charge in [0, 0.05) is 11.6 Å². The second-order valence-corrected chi connectivity index (χ2v) is 7.36. The summed E-state index contributed by atoms with van der Waals surface area (Å²) in [6, 6.07) is 4.59. The highest BCUT2D eigenvalue weighted by Gasteiger charge is 2.21. The molecule has 0 spiro atoms. The van der Waals surface area contributed by atoms with Crippen molar-refractivity contribution in [3.05, 3.63) is 29.8 Å². The number of hydrogen-bond donors (Lipinski definition) is 2. The smallest absolute Gasteiger partial charge is 0.331 e. The SMILES string of the molecule is CCCOc1ccc(/C=C/C(=O)O[C@H](C)C(=O)NC(=O)NC(C)(C)C)cc1OC. The zero-order valence-corrected chi connectivity index (χ0v) is 17.8. The molecule has 0 radical (unpaired) electrons. The number of imide groups is 1. The second-order valence-electron chi connectivity index (χ2n) is 7.36. The number of nitrogens with one attached hydrogen (secondary N) is 2.